The number of benzene rings is 1. The number of halogens is 2. The molecule has 21 heavy (non-hydrogen) atoms. The lowest BCUT2D eigenvalue weighted by Gasteiger charge is -2.03. The van der Waals surface area contributed by atoms with Crippen LogP contribution in [0.25, 0.3) is 6.08 Å². The summed E-state index contributed by atoms with van der Waals surface area (Å²) in [5.74, 6) is -0.308. The van der Waals surface area contributed by atoms with Crippen molar-refractivity contribution >= 4 is 17.7 Å². The summed E-state index contributed by atoms with van der Waals surface area (Å²) >= 11 is 6.23. The number of rotatable bonds is 3. The van der Waals surface area contributed by atoms with Gasteiger partial charge < -0.3 is 0 Å². The van der Waals surface area contributed by atoms with Gasteiger partial charge in [0.1, 0.15) is 28.7 Å². The number of hydrogen-bond acceptors (Lipinski definition) is 3. The molecule has 1 heterocycles. The van der Waals surface area contributed by atoms with Crippen LogP contribution in [0.4, 0.5) is 4.39 Å². The van der Waals surface area contributed by atoms with Gasteiger partial charge in [-0.3, -0.25) is 0 Å². The van der Waals surface area contributed by atoms with Crippen LogP contribution >= 0.6 is 11.6 Å². The highest BCUT2D eigenvalue weighted by atomic mass is 35.5. The van der Waals surface area contributed by atoms with Crippen molar-refractivity contribution in [3.63, 3.8) is 0 Å². The van der Waals surface area contributed by atoms with Crippen LogP contribution in [-0.4, -0.2) is 9.78 Å². The number of aromatic nitrogens is 2. The molecular formula is C15H10ClFN4. The predicted molar refractivity (Wildman–Crippen MR) is 76.7 cm³/mol. The molecule has 1 aromatic carbocycles. The molecule has 0 amide bonds. The first kappa shape index (κ1) is 14.8. The second kappa shape index (κ2) is 6.21. The number of allylic oxidation sites excluding steroid dienone is 1. The minimum atomic E-state index is -0.308. The topological polar surface area (TPSA) is 65.4 Å². The van der Waals surface area contributed by atoms with Crippen LogP contribution in [0, 0.1) is 35.4 Å². The Bertz CT molecular complexity index is 760. The molecule has 104 valence electrons. The second-order valence-corrected chi connectivity index (χ2v) is 4.71. The fourth-order valence-corrected chi connectivity index (χ4v) is 2.12. The minimum Gasteiger partial charge on any atom is -0.249 e. The van der Waals surface area contributed by atoms with E-state index < -0.39 is 0 Å². The summed E-state index contributed by atoms with van der Waals surface area (Å²) in [6.07, 6.45) is 1.41. The van der Waals surface area contributed by atoms with Crippen molar-refractivity contribution in [2.75, 3.05) is 0 Å². The molecule has 0 unspecified atom stereocenters. The van der Waals surface area contributed by atoms with Crippen molar-refractivity contribution in [3.05, 3.63) is 57.6 Å². The van der Waals surface area contributed by atoms with Crippen molar-refractivity contribution in [1.82, 2.24) is 9.78 Å². The summed E-state index contributed by atoms with van der Waals surface area (Å²) < 4.78 is 14.4. The summed E-state index contributed by atoms with van der Waals surface area (Å²) in [7, 11) is 0. The van der Waals surface area contributed by atoms with E-state index in [2.05, 4.69) is 5.10 Å². The zero-order valence-corrected chi connectivity index (χ0v) is 11.9. The Labute approximate surface area is 126 Å². The van der Waals surface area contributed by atoms with Crippen LogP contribution in [0.5, 0.6) is 0 Å². The fourth-order valence-electron chi connectivity index (χ4n) is 1.83. The SMILES string of the molecule is Cc1nn(Cc2ccc(F)cc2)c(Cl)c1C=C(C#N)C#N. The highest BCUT2D eigenvalue weighted by molar-refractivity contribution is 6.31. The highest BCUT2D eigenvalue weighted by Gasteiger charge is 2.12. The third-order valence-electron chi connectivity index (χ3n) is 2.88. The molecule has 1 aromatic heterocycles. The molecule has 0 bridgehead atoms. The van der Waals surface area contributed by atoms with Gasteiger partial charge >= 0.3 is 0 Å². The molecule has 4 nitrogen and oxygen atoms in total. The van der Waals surface area contributed by atoms with E-state index in [4.69, 9.17) is 22.1 Å². The van der Waals surface area contributed by atoms with Crippen LogP contribution in [0.2, 0.25) is 5.15 Å². The lowest BCUT2D eigenvalue weighted by Crippen LogP contribution is -2.02. The molecule has 0 saturated heterocycles. The first-order chi connectivity index (χ1) is 10.0. The van der Waals surface area contributed by atoms with Gasteiger partial charge in [0, 0.05) is 5.56 Å². The summed E-state index contributed by atoms with van der Waals surface area (Å²) in [4.78, 5) is 0. The van der Waals surface area contributed by atoms with Crippen LogP contribution in [0.15, 0.2) is 29.8 Å². The van der Waals surface area contributed by atoms with E-state index in [1.54, 1.807) is 35.9 Å². The molecule has 0 saturated carbocycles. The van der Waals surface area contributed by atoms with Crippen LogP contribution in [-0.2, 0) is 6.54 Å². The van der Waals surface area contributed by atoms with Crippen LogP contribution in [0.3, 0.4) is 0 Å². The van der Waals surface area contributed by atoms with Crippen molar-refractivity contribution in [2.45, 2.75) is 13.5 Å². The normalized spacial score (nSPS) is 9.76. The maximum Gasteiger partial charge on any atom is 0.134 e. The van der Waals surface area contributed by atoms with E-state index in [9.17, 15) is 4.39 Å². The van der Waals surface area contributed by atoms with Crippen LogP contribution < -0.4 is 0 Å². The second-order valence-electron chi connectivity index (χ2n) is 4.36. The molecular weight excluding hydrogens is 291 g/mol. The monoisotopic (exact) mass is 300 g/mol. The van der Waals surface area contributed by atoms with E-state index in [1.807, 2.05) is 0 Å². The largest absolute Gasteiger partial charge is 0.249 e. The molecule has 0 radical (unpaired) electrons. The van der Waals surface area contributed by atoms with Crippen molar-refractivity contribution in [2.24, 2.45) is 0 Å². The lowest BCUT2D eigenvalue weighted by molar-refractivity contribution is 0.624. The molecule has 0 atom stereocenters. The lowest BCUT2D eigenvalue weighted by atomic mass is 10.2. The molecule has 0 aliphatic carbocycles. The first-order valence-electron chi connectivity index (χ1n) is 6.04. The molecule has 0 spiro atoms. The van der Waals surface area contributed by atoms with E-state index in [-0.39, 0.29) is 11.4 Å². The van der Waals surface area contributed by atoms with Gasteiger partial charge in [0.05, 0.1) is 12.2 Å². The van der Waals surface area contributed by atoms with Gasteiger partial charge in [-0.25, -0.2) is 9.07 Å². The smallest absolute Gasteiger partial charge is 0.134 e. The van der Waals surface area contributed by atoms with E-state index in [0.717, 1.165) is 5.56 Å². The molecule has 2 rings (SSSR count). The van der Waals surface area contributed by atoms with Gasteiger partial charge in [0.25, 0.3) is 0 Å². The molecule has 0 N–H and O–H groups in total. The summed E-state index contributed by atoms with van der Waals surface area (Å²) in [6, 6.07) is 9.59. The zero-order chi connectivity index (χ0) is 15.4. The maximum absolute atomic E-state index is 12.9. The number of nitrogens with zero attached hydrogens (tertiary/aromatic N) is 4. The Kier molecular flexibility index (Phi) is 4.37. The third kappa shape index (κ3) is 3.28. The summed E-state index contributed by atoms with van der Waals surface area (Å²) in [5, 5.41) is 22.2. The third-order valence-corrected chi connectivity index (χ3v) is 3.28. The van der Waals surface area contributed by atoms with Gasteiger partial charge in [-0.15, -0.1) is 0 Å². The average molecular weight is 301 g/mol. The number of aryl methyl sites for hydroxylation is 1. The summed E-state index contributed by atoms with van der Waals surface area (Å²) in [5.41, 5.74) is 1.96. The standard InChI is InChI=1S/C15H10ClFN4/c1-10-14(6-12(7-18)8-19)15(16)21(20-10)9-11-2-4-13(17)5-3-11/h2-6H,9H2,1H3. The minimum absolute atomic E-state index is 0.0404. The molecule has 6 heteroatoms. The average Bonchev–Trinajstić information content (AvgIpc) is 2.74. The molecule has 0 fully saturated rings. The molecule has 0 aliphatic rings. The van der Waals surface area contributed by atoms with Gasteiger partial charge in [-0.1, -0.05) is 23.7 Å². The van der Waals surface area contributed by atoms with E-state index >= 15 is 0 Å². The van der Waals surface area contributed by atoms with E-state index in [0.29, 0.717) is 23.0 Å². The van der Waals surface area contributed by atoms with Crippen molar-refractivity contribution in [1.29, 1.82) is 10.5 Å². The van der Waals surface area contributed by atoms with Crippen LogP contribution in [0.1, 0.15) is 16.8 Å². The quantitative estimate of drug-likeness (QED) is 0.815. The van der Waals surface area contributed by atoms with E-state index in [1.165, 1.54) is 18.2 Å². The van der Waals surface area contributed by atoms with Gasteiger partial charge in [-0.2, -0.15) is 15.6 Å². The van der Waals surface area contributed by atoms with Crippen molar-refractivity contribution < 1.29 is 4.39 Å². The zero-order valence-electron chi connectivity index (χ0n) is 11.1. The highest BCUT2D eigenvalue weighted by Crippen LogP contribution is 2.23. The Morgan fingerprint density at radius 2 is 1.95 bits per heavy atom. The number of hydrogen-bond donors (Lipinski definition) is 0. The number of nitriles is 2. The molecule has 2 aromatic rings. The first-order valence-corrected chi connectivity index (χ1v) is 6.42. The predicted octanol–water partition coefficient (Wildman–Crippen LogP) is 3.46. The fraction of sp³-hybridized carbons (Fsp3) is 0.133. The maximum atomic E-state index is 12.9. The summed E-state index contributed by atoms with van der Waals surface area (Å²) in [6.45, 7) is 2.12. The van der Waals surface area contributed by atoms with Gasteiger partial charge in [-0.05, 0) is 30.7 Å². The Morgan fingerprint density at radius 3 is 2.52 bits per heavy atom. The van der Waals surface area contributed by atoms with Gasteiger partial charge in [0.15, 0.2) is 0 Å². The van der Waals surface area contributed by atoms with Gasteiger partial charge in [0.2, 0.25) is 0 Å². The molecule has 0 aliphatic heterocycles. The Hall–Kier alpha value is -2.63. The Morgan fingerprint density at radius 1 is 1.33 bits per heavy atom. The Balaban J connectivity index is 2.36. The van der Waals surface area contributed by atoms with Crippen molar-refractivity contribution in [3.8, 4) is 12.1 Å².